The summed E-state index contributed by atoms with van der Waals surface area (Å²) in [5.41, 5.74) is -1.02. The molecule has 0 aliphatic heterocycles. The molecular weight excluding hydrogens is 273 g/mol. The summed E-state index contributed by atoms with van der Waals surface area (Å²) in [5.74, 6) is 0. The van der Waals surface area contributed by atoms with Crippen LogP contribution in [0.3, 0.4) is 0 Å². The normalized spacial score (nSPS) is 21.0. The van der Waals surface area contributed by atoms with E-state index in [1.807, 2.05) is 0 Å². The minimum Gasteiger partial charge on any atom is -0.324 e. The zero-order valence-corrected chi connectivity index (χ0v) is 10.4. The molecule has 2 unspecified atom stereocenters. The van der Waals surface area contributed by atoms with Crippen molar-refractivity contribution in [1.29, 1.82) is 0 Å². The summed E-state index contributed by atoms with van der Waals surface area (Å²) < 4.78 is 39.2. The number of rotatable bonds is 5. The molecule has 15 heavy (non-hydrogen) atoms. The monoisotopic (exact) mass is 284 g/mol. The third-order valence-electron chi connectivity index (χ3n) is 1.08. The molecule has 0 amide bonds. The number of hydrogen-bond acceptors (Lipinski definition) is 5. The fourth-order valence-electron chi connectivity index (χ4n) is 0.391. The van der Waals surface area contributed by atoms with E-state index in [4.69, 9.17) is 19.6 Å². The summed E-state index contributed by atoms with van der Waals surface area (Å²) >= 11 is 0. The van der Waals surface area contributed by atoms with E-state index in [2.05, 4.69) is 8.62 Å². The minimum absolute atomic E-state index is 1.02. The highest BCUT2D eigenvalue weighted by Crippen LogP contribution is 2.67. The Labute approximate surface area is 85.4 Å². The molecule has 2 atom stereocenters. The maximum atomic E-state index is 11.1. The highest BCUT2D eigenvalue weighted by Gasteiger charge is 2.40. The van der Waals surface area contributed by atoms with Crippen molar-refractivity contribution in [2.75, 3.05) is 0 Å². The van der Waals surface area contributed by atoms with E-state index < -0.39 is 28.9 Å². The molecule has 0 aromatic carbocycles. The van der Waals surface area contributed by atoms with Gasteiger partial charge in [-0.3, -0.25) is 4.57 Å². The molecule has 92 valence electrons. The lowest BCUT2D eigenvalue weighted by Crippen LogP contribution is -2.01. The van der Waals surface area contributed by atoms with Crippen LogP contribution in [-0.4, -0.2) is 25.2 Å². The molecule has 0 aliphatic carbocycles. The Morgan fingerprint density at radius 2 is 1.33 bits per heavy atom. The summed E-state index contributed by atoms with van der Waals surface area (Å²) in [6.45, 7) is 2.44. The van der Waals surface area contributed by atoms with E-state index in [1.54, 1.807) is 0 Å². The molecule has 0 bridgehead atoms. The van der Waals surface area contributed by atoms with E-state index in [0.717, 1.165) is 0 Å². The first kappa shape index (κ1) is 15.4. The van der Waals surface area contributed by atoms with Crippen molar-refractivity contribution in [1.82, 2.24) is 0 Å². The van der Waals surface area contributed by atoms with Crippen molar-refractivity contribution in [2.45, 2.75) is 19.5 Å². The highest BCUT2D eigenvalue weighted by atomic mass is 31.3. The van der Waals surface area contributed by atoms with Gasteiger partial charge in [0.2, 0.25) is 0 Å². The summed E-state index contributed by atoms with van der Waals surface area (Å²) in [6, 6.07) is 0. The van der Waals surface area contributed by atoms with Gasteiger partial charge in [0, 0.05) is 0 Å². The van der Waals surface area contributed by atoms with Crippen LogP contribution in [0.5, 0.6) is 0 Å². The fourth-order valence-corrected chi connectivity index (χ4v) is 3.79. The van der Waals surface area contributed by atoms with Gasteiger partial charge in [-0.25, -0.2) is 13.4 Å². The lowest BCUT2D eigenvalue weighted by atomic mass is 10.6. The molecule has 0 rings (SSSR count). The second kappa shape index (κ2) is 4.75. The summed E-state index contributed by atoms with van der Waals surface area (Å²) in [5, 5.41) is 0. The van der Waals surface area contributed by atoms with Crippen molar-refractivity contribution in [3.8, 4) is 0 Å². The standard InChI is InChI=1S/C3H11O9P3/c1-3(2)13(4,5)11-15(9,10)12-14(6,7)8/h3H,1-2H3,(H,4,5)(H,9,10)(H2,6,7,8). The molecule has 0 saturated heterocycles. The second-order valence-electron chi connectivity index (χ2n) is 2.78. The average Bonchev–Trinajstić information content (AvgIpc) is 1.75. The Balaban J connectivity index is 4.74. The summed E-state index contributed by atoms with van der Waals surface area (Å²) in [4.78, 5) is 34.1. The van der Waals surface area contributed by atoms with Gasteiger partial charge in [-0.2, -0.15) is 4.31 Å². The van der Waals surface area contributed by atoms with Crippen molar-refractivity contribution >= 4 is 23.2 Å². The molecular formula is C3H11O9P3. The molecule has 9 nitrogen and oxygen atoms in total. The lowest BCUT2D eigenvalue weighted by Gasteiger charge is -2.18. The maximum absolute atomic E-state index is 11.1. The molecule has 0 saturated carbocycles. The molecule has 0 spiro atoms. The molecule has 0 aromatic heterocycles. The van der Waals surface area contributed by atoms with Gasteiger partial charge in [0.05, 0.1) is 5.66 Å². The number of hydrogen-bond donors (Lipinski definition) is 4. The van der Waals surface area contributed by atoms with Crippen LogP contribution in [0.2, 0.25) is 0 Å². The first-order chi connectivity index (χ1) is 6.36. The van der Waals surface area contributed by atoms with Gasteiger partial charge in [0.25, 0.3) is 0 Å². The van der Waals surface area contributed by atoms with Crippen molar-refractivity contribution in [3.63, 3.8) is 0 Å². The van der Waals surface area contributed by atoms with Crippen LogP contribution in [0.4, 0.5) is 0 Å². The van der Waals surface area contributed by atoms with E-state index in [-0.39, 0.29) is 0 Å². The van der Waals surface area contributed by atoms with Crippen molar-refractivity contribution < 1.29 is 41.9 Å². The Kier molecular flexibility index (Phi) is 4.90. The third kappa shape index (κ3) is 6.58. The molecule has 0 aromatic rings. The van der Waals surface area contributed by atoms with Gasteiger partial charge in [-0.15, -0.1) is 0 Å². The molecule has 0 radical (unpaired) electrons. The molecule has 12 heteroatoms. The molecule has 0 aliphatic rings. The summed E-state index contributed by atoms with van der Waals surface area (Å²) in [7, 11) is -15.0. The Morgan fingerprint density at radius 3 is 1.60 bits per heavy atom. The van der Waals surface area contributed by atoms with Crippen LogP contribution in [0.15, 0.2) is 0 Å². The molecule has 0 heterocycles. The lowest BCUT2D eigenvalue weighted by molar-refractivity contribution is 0.221. The Hall–Kier alpha value is 0.450. The smallest absolute Gasteiger partial charge is 0.324 e. The van der Waals surface area contributed by atoms with Crippen LogP contribution in [-0.2, 0) is 22.3 Å². The predicted octanol–water partition coefficient (Wildman–Crippen LogP) is 0.806. The topological polar surface area (TPSA) is 151 Å². The first-order valence-corrected chi connectivity index (χ1v) is 8.16. The van der Waals surface area contributed by atoms with E-state index in [0.29, 0.717) is 0 Å². The maximum Gasteiger partial charge on any atom is 0.488 e. The van der Waals surface area contributed by atoms with Gasteiger partial charge < -0.3 is 19.6 Å². The highest BCUT2D eigenvalue weighted by molar-refractivity contribution is 7.68. The summed E-state index contributed by atoms with van der Waals surface area (Å²) in [6.07, 6.45) is 0. The van der Waals surface area contributed by atoms with Crippen LogP contribution in [0.1, 0.15) is 13.8 Å². The largest absolute Gasteiger partial charge is 0.488 e. The zero-order valence-electron chi connectivity index (χ0n) is 7.75. The van der Waals surface area contributed by atoms with Crippen LogP contribution < -0.4 is 0 Å². The zero-order chi connectivity index (χ0) is 12.5. The van der Waals surface area contributed by atoms with E-state index in [1.165, 1.54) is 13.8 Å². The first-order valence-electron chi connectivity index (χ1n) is 3.49. The van der Waals surface area contributed by atoms with Gasteiger partial charge in [-0.05, 0) is 0 Å². The molecule has 0 fully saturated rings. The van der Waals surface area contributed by atoms with E-state index in [9.17, 15) is 13.7 Å². The van der Waals surface area contributed by atoms with Gasteiger partial charge in [0.1, 0.15) is 0 Å². The minimum atomic E-state index is -5.27. The third-order valence-corrected chi connectivity index (χ3v) is 5.83. The predicted molar refractivity (Wildman–Crippen MR) is 49.0 cm³/mol. The van der Waals surface area contributed by atoms with Gasteiger partial charge >= 0.3 is 23.2 Å². The Bertz CT molecular complexity index is 354. The fraction of sp³-hybridized carbons (Fsp3) is 1.00. The SMILES string of the molecule is CC(C)P(=O)(O)OP(=O)(O)OP(=O)(O)O. The number of phosphoric acid groups is 2. The van der Waals surface area contributed by atoms with Crippen LogP contribution >= 0.6 is 23.2 Å². The quantitative estimate of drug-likeness (QED) is 0.537. The van der Waals surface area contributed by atoms with Crippen LogP contribution in [0, 0.1) is 0 Å². The second-order valence-corrected chi connectivity index (χ2v) is 8.17. The Morgan fingerprint density at radius 1 is 0.933 bits per heavy atom. The molecule has 4 N–H and O–H groups in total. The average molecular weight is 284 g/mol. The van der Waals surface area contributed by atoms with E-state index >= 15 is 0 Å². The van der Waals surface area contributed by atoms with Crippen molar-refractivity contribution in [3.05, 3.63) is 0 Å². The van der Waals surface area contributed by atoms with Gasteiger partial charge in [-0.1, -0.05) is 13.8 Å². The van der Waals surface area contributed by atoms with Crippen LogP contribution in [0.25, 0.3) is 0 Å². The van der Waals surface area contributed by atoms with Crippen molar-refractivity contribution in [2.24, 2.45) is 0 Å². The van der Waals surface area contributed by atoms with Gasteiger partial charge in [0.15, 0.2) is 0 Å².